The van der Waals surface area contributed by atoms with E-state index in [4.69, 9.17) is 5.73 Å². The lowest BCUT2D eigenvalue weighted by atomic mass is 9.86. The van der Waals surface area contributed by atoms with Gasteiger partial charge < -0.3 is 20.1 Å². The molecule has 156 valence electrons. The fourth-order valence-electron chi connectivity index (χ4n) is 4.61. The summed E-state index contributed by atoms with van der Waals surface area (Å²) < 4.78 is 2.15. The third-order valence-electron chi connectivity index (χ3n) is 6.36. The van der Waals surface area contributed by atoms with Gasteiger partial charge in [0, 0.05) is 45.8 Å². The van der Waals surface area contributed by atoms with Gasteiger partial charge in [0.25, 0.3) is 5.91 Å². The van der Waals surface area contributed by atoms with E-state index in [1.54, 1.807) is 18.3 Å². The molecule has 2 aromatic rings. The molecule has 0 bridgehead atoms. The number of hydrogen-bond donors (Lipinski definition) is 1. The molecule has 2 aromatic heterocycles. The molecule has 1 aliphatic heterocycles. The van der Waals surface area contributed by atoms with Crippen LogP contribution in [0, 0.1) is 5.92 Å². The number of aryl methyl sites for hydroxylation is 1. The van der Waals surface area contributed by atoms with Gasteiger partial charge in [0.2, 0.25) is 5.95 Å². The summed E-state index contributed by atoms with van der Waals surface area (Å²) in [6.45, 7) is 3.15. The van der Waals surface area contributed by atoms with Crippen LogP contribution in [0.5, 0.6) is 0 Å². The van der Waals surface area contributed by atoms with Crippen molar-refractivity contribution in [2.75, 3.05) is 36.0 Å². The van der Waals surface area contributed by atoms with Crippen molar-refractivity contribution in [2.24, 2.45) is 18.7 Å². The number of nitrogens with zero attached hydrogens (tertiary/aromatic N) is 6. The van der Waals surface area contributed by atoms with Gasteiger partial charge in [-0.15, -0.1) is 10.2 Å². The topological polar surface area (TPSA) is 93.2 Å². The molecule has 2 aliphatic rings. The Hall–Kier alpha value is -2.64. The van der Waals surface area contributed by atoms with Gasteiger partial charge in [-0.2, -0.15) is 0 Å². The van der Waals surface area contributed by atoms with E-state index in [0.29, 0.717) is 11.4 Å². The van der Waals surface area contributed by atoms with E-state index in [9.17, 15) is 4.79 Å². The molecule has 1 amide bonds. The first-order valence-corrected chi connectivity index (χ1v) is 10.8. The summed E-state index contributed by atoms with van der Waals surface area (Å²) in [6.07, 6.45) is 10.8. The van der Waals surface area contributed by atoms with Gasteiger partial charge in [-0.05, 0) is 24.5 Å². The lowest BCUT2D eigenvalue weighted by Crippen LogP contribution is -2.48. The maximum Gasteiger partial charge on any atom is 0.252 e. The van der Waals surface area contributed by atoms with Gasteiger partial charge in [0.15, 0.2) is 0 Å². The highest BCUT2D eigenvalue weighted by atomic mass is 16.1. The van der Waals surface area contributed by atoms with Gasteiger partial charge in [-0.25, -0.2) is 4.98 Å². The molecular formula is C21H31N7O. The summed E-state index contributed by atoms with van der Waals surface area (Å²) in [5, 5.41) is 8.95. The molecule has 1 saturated carbocycles. The quantitative estimate of drug-likeness (QED) is 0.803. The number of aromatic nitrogens is 4. The monoisotopic (exact) mass is 397 g/mol. The maximum atomic E-state index is 11.7. The molecule has 0 atom stereocenters. The van der Waals surface area contributed by atoms with Crippen LogP contribution in [0.1, 0.15) is 54.7 Å². The van der Waals surface area contributed by atoms with Crippen molar-refractivity contribution in [2.45, 2.75) is 44.9 Å². The molecule has 1 saturated heterocycles. The van der Waals surface area contributed by atoms with E-state index in [1.165, 1.54) is 38.5 Å². The number of nitrogens with two attached hydrogens (primary N) is 1. The highest BCUT2D eigenvalue weighted by Crippen LogP contribution is 2.28. The van der Waals surface area contributed by atoms with Crippen LogP contribution in [0.3, 0.4) is 0 Å². The van der Waals surface area contributed by atoms with Gasteiger partial charge in [-0.3, -0.25) is 4.79 Å². The number of carbonyl (C=O) groups is 1. The van der Waals surface area contributed by atoms with Crippen molar-refractivity contribution in [3.8, 4) is 0 Å². The highest BCUT2D eigenvalue weighted by Gasteiger charge is 2.25. The van der Waals surface area contributed by atoms with Crippen molar-refractivity contribution in [3.05, 3.63) is 29.7 Å². The molecule has 3 heterocycles. The largest absolute Gasteiger partial charge is 0.365 e. The number of amides is 1. The first-order chi connectivity index (χ1) is 14.1. The SMILES string of the molecule is Cn1c(CCC2CCCCC2)nnc1N1CCN(c2ncccc2C(N)=O)CC1. The molecule has 1 aliphatic carbocycles. The van der Waals surface area contributed by atoms with E-state index in [1.807, 2.05) is 0 Å². The van der Waals surface area contributed by atoms with Crippen LogP contribution < -0.4 is 15.5 Å². The lowest BCUT2D eigenvalue weighted by Gasteiger charge is -2.36. The van der Waals surface area contributed by atoms with Crippen LogP contribution in [-0.2, 0) is 13.5 Å². The zero-order valence-corrected chi connectivity index (χ0v) is 17.3. The molecule has 2 N–H and O–H groups in total. The van der Waals surface area contributed by atoms with Crippen molar-refractivity contribution in [1.29, 1.82) is 0 Å². The average molecular weight is 398 g/mol. The highest BCUT2D eigenvalue weighted by molar-refractivity contribution is 5.97. The van der Waals surface area contributed by atoms with Crippen LogP contribution in [0.25, 0.3) is 0 Å². The molecule has 8 nitrogen and oxygen atoms in total. The summed E-state index contributed by atoms with van der Waals surface area (Å²) in [4.78, 5) is 20.5. The third kappa shape index (κ3) is 4.36. The van der Waals surface area contributed by atoms with Crippen LogP contribution in [0.4, 0.5) is 11.8 Å². The molecule has 8 heteroatoms. The van der Waals surface area contributed by atoms with Crippen molar-refractivity contribution in [3.63, 3.8) is 0 Å². The second kappa shape index (κ2) is 8.80. The number of hydrogen-bond acceptors (Lipinski definition) is 6. The minimum Gasteiger partial charge on any atom is -0.365 e. The van der Waals surface area contributed by atoms with Gasteiger partial charge in [0.1, 0.15) is 11.6 Å². The Labute approximate surface area is 172 Å². The van der Waals surface area contributed by atoms with E-state index >= 15 is 0 Å². The van der Waals surface area contributed by atoms with E-state index < -0.39 is 5.91 Å². The smallest absolute Gasteiger partial charge is 0.252 e. The summed E-state index contributed by atoms with van der Waals surface area (Å²) in [6, 6.07) is 3.48. The molecular weight excluding hydrogens is 366 g/mol. The fourth-order valence-corrected chi connectivity index (χ4v) is 4.61. The van der Waals surface area contributed by atoms with Crippen LogP contribution in [0.2, 0.25) is 0 Å². The predicted molar refractivity (Wildman–Crippen MR) is 113 cm³/mol. The Morgan fingerprint density at radius 2 is 1.83 bits per heavy atom. The molecule has 29 heavy (non-hydrogen) atoms. The zero-order chi connectivity index (χ0) is 20.2. The first kappa shape index (κ1) is 19.7. The second-order valence-corrected chi connectivity index (χ2v) is 8.23. The Morgan fingerprint density at radius 1 is 1.10 bits per heavy atom. The second-order valence-electron chi connectivity index (χ2n) is 8.23. The Bertz CT molecular complexity index is 835. The summed E-state index contributed by atoms with van der Waals surface area (Å²) in [7, 11) is 2.07. The van der Waals surface area contributed by atoms with E-state index in [2.05, 4.69) is 36.6 Å². The molecule has 2 fully saturated rings. The van der Waals surface area contributed by atoms with E-state index in [0.717, 1.165) is 50.3 Å². The van der Waals surface area contributed by atoms with Crippen LogP contribution in [-0.4, -0.2) is 51.8 Å². The van der Waals surface area contributed by atoms with Gasteiger partial charge in [0.05, 0.1) is 5.56 Å². The summed E-state index contributed by atoms with van der Waals surface area (Å²) in [5.74, 6) is 3.09. The Kier molecular flexibility index (Phi) is 5.97. The van der Waals surface area contributed by atoms with Crippen molar-refractivity contribution < 1.29 is 4.79 Å². The summed E-state index contributed by atoms with van der Waals surface area (Å²) >= 11 is 0. The van der Waals surface area contributed by atoms with Crippen molar-refractivity contribution >= 4 is 17.7 Å². The number of carbonyl (C=O) groups excluding carboxylic acids is 1. The molecule has 0 radical (unpaired) electrons. The average Bonchev–Trinajstić information content (AvgIpc) is 3.13. The number of pyridine rings is 1. The minimum atomic E-state index is -0.438. The van der Waals surface area contributed by atoms with Gasteiger partial charge in [-0.1, -0.05) is 32.1 Å². The number of rotatable bonds is 6. The first-order valence-electron chi connectivity index (χ1n) is 10.8. The molecule has 0 unspecified atom stereocenters. The standard InChI is InChI=1S/C21H31N7O/c1-26-18(10-9-16-6-3-2-4-7-16)24-25-21(26)28-14-12-27(13-15-28)20-17(19(22)29)8-5-11-23-20/h5,8,11,16H,2-4,6-7,9-10,12-15H2,1H3,(H2,22,29). The third-order valence-corrected chi connectivity index (χ3v) is 6.36. The Morgan fingerprint density at radius 3 is 2.55 bits per heavy atom. The summed E-state index contributed by atoms with van der Waals surface area (Å²) in [5.41, 5.74) is 5.98. The Balaban J connectivity index is 1.36. The zero-order valence-electron chi connectivity index (χ0n) is 17.3. The number of piperazine rings is 1. The van der Waals surface area contributed by atoms with Crippen molar-refractivity contribution in [1.82, 2.24) is 19.7 Å². The normalized spacial score (nSPS) is 18.2. The van der Waals surface area contributed by atoms with E-state index in [-0.39, 0.29) is 0 Å². The molecule has 4 rings (SSSR count). The molecule has 0 spiro atoms. The fraction of sp³-hybridized carbons (Fsp3) is 0.619. The minimum absolute atomic E-state index is 0.438. The number of anilines is 2. The number of primary amides is 1. The predicted octanol–water partition coefficient (Wildman–Crippen LogP) is 2.15. The van der Waals surface area contributed by atoms with Crippen LogP contribution >= 0.6 is 0 Å². The van der Waals surface area contributed by atoms with Gasteiger partial charge >= 0.3 is 0 Å². The lowest BCUT2D eigenvalue weighted by molar-refractivity contribution is 0.100. The maximum absolute atomic E-state index is 11.7. The van der Waals surface area contributed by atoms with Crippen LogP contribution in [0.15, 0.2) is 18.3 Å². The molecule has 0 aromatic carbocycles.